The Hall–Kier alpha value is -2.14. The lowest BCUT2D eigenvalue weighted by Gasteiger charge is -2.12. The lowest BCUT2D eigenvalue weighted by molar-refractivity contribution is 0.191. The number of benzene rings is 1. The average Bonchev–Trinajstić information content (AvgIpc) is 2.45. The van der Waals surface area contributed by atoms with Crippen LogP contribution in [-0.4, -0.2) is 26.7 Å². The van der Waals surface area contributed by atoms with Gasteiger partial charge >= 0.3 is 0 Å². The first-order valence-electron chi connectivity index (χ1n) is 6.21. The smallest absolute Gasteiger partial charge is 0.222 e. The van der Waals surface area contributed by atoms with E-state index in [9.17, 15) is 10.2 Å². The zero-order valence-corrected chi connectivity index (χ0v) is 10.7. The molecule has 1 atom stereocenters. The van der Waals surface area contributed by atoms with Crippen LogP contribution in [0.25, 0.3) is 0 Å². The Labute approximate surface area is 112 Å². The summed E-state index contributed by atoms with van der Waals surface area (Å²) in [5.74, 6) is 0.622. The summed E-state index contributed by atoms with van der Waals surface area (Å²) in [7, 11) is 0. The van der Waals surface area contributed by atoms with E-state index in [1.807, 2.05) is 6.92 Å². The van der Waals surface area contributed by atoms with Crippen molar-refractivity contribution in [3.8, 4) is 5.75 Å². The van der Waals surface area contributed by atoms with E-state index in [2.05, 4.69) is 15.3 Å². The minimum atomic E-state index is -0.721. The van der Waals surface area contributed by atoms with Crippen LogP contribution in [-0.2, 0) is 6.42 Å². The van der Waals surface area contributed by atoms with Gasteiger partial charge in [-0.3, -0.25) is 0 Å². The molecule has 0 aliphatic rings. The maximum atomic E-state index is 9.98. The standard InChI is InChI=1S/C14H17N3O2/c1-2-10-7-15-14(16-8-10)17-9-13(19)11-4-3-5-12(18)6-11/h3-8,13,18-19H,2,9H2,1H3,(H,15,16,17)/t13-/m1/s1. The van der Waals surface area contributed by atoms with Gasteiger partial charge in [-0.15, -0.1) is 0 Å². The van der Waals surface area contributed by atoms with Crippen LogP contribution >= 0.6 is 0 Å². The highest BCUT2D eigenvalue weighted by molar-refractivity contribution is 5.31. The number of anilines is 1. The van der Waals surface area contributed by atoms with Gasteiger partial charge in [-0.1, -0.05) is 19.1 Å². The lowest BCUT2D eigenvalue weighted by Crippen LogP contribution is -2.13. The van der Waals surface area contributed by atoms with Crippen LogP contribution in [0.1, 0.15) is 24.2 Å². The third-order valence-electron chi connectivity index (χ3n) is 2.82. The first-order chi connectivity index (χ1) is 9.19. The summed E-state index contributed by atoms with van der Waals surface area (Å²) >= 11 is 0. The van der Waals surface area contributed by atoms with E-state index in [-0.39, 0.29) is 12.3 Å². The van der Waals surface area contributed by atoms with E-state index < -0.39 is 6.10 Å². The Balaban J connectivity index is 1.94. The van der Waals surface area contributed by atoms with E-state index in [1.54, 1.807) is 30.6 Å². The first kappa shape index (κ1) is 13.3. The lowest BCUT2D eigenvalue weighted by atomic mass is 10.1. The van der Waals surface area contributed by atoms with Crippen LogP contribution in [0, 0.1) is 0 Å². The van der Waals surface area contributed by atoms with E-state index in [0.29, 0.717) is 11.5 Å². The monoisotopic (exact) mass is 259 g/mol. The highest BCUT2D eigenvalue weighted by atomic mass is 16.3. The number of aliphatic hydroxyl groups is 1. The molecule has 1 aromatic carbocycles. The molecule has 0 spiro atoms. The molecule has 5 heteroatoms. The zero-order valence-electron chi connectivity index (χ0n) is 10.7. The maximum absolute atomic E-state index is 9.98. The van der Waals surface area contributed by atoms with Gasteiger partial charge in [0.1, 0.15) is 5.75 Å². The molecule has 5 nitrogen and oxygen atoms in total. The minimum Gasteiger partial charge on any atom is -0.508 e. The highest BCUT2D eigenvalue weighted by Gasteiger charge is 2.08. The maximum Gasteiger partial charge on any atom is 0.222 e. The Morgan fingerprint density at radius 3 is 2.63 bits per heavy atom. The van der Waals surface area contributed by atoms with Crippen molar-refractivity contribution in [2.24, 2.45) is 0 Å². The Bertz CT molecular complexity index is 528. The van der Waals surface area contributed by atoms with Crippen LogP contribution in [0.3, 0.4) is 0 Å². The van der Waals surface area contributed by atoms with Gasteiger partial charge in [-0.2, -0.15) is 0 Å². The van der Waals surface area contributed by atoms with Crippen molar-refractivity contribution in [2.45, 2.75) is 19.4 Å². The SMILES string of the molecule is CCc1cnc(NC[C@@H](O)c2cccc(O)c2)nc1. The number of phenolic OH excluding ortho intramolecular Hbond substituents is 1. The summed E-state index contributed by atoms with van der Waals surface area (Å²) in [6.07, 6.45) is 3.69. The van der Waals surface area contributed by atoms with Gasteiger partial charge in [0.05, 0.1) is 6.10 Å². The molecule has 1 heterocycles. The number of hydrogen-bond acceptors (Lipinski definition) is 5. The third kappa shape index (κ3) is 3.66. The number of aliphatic hydroxyl groups excluding tert-OH is 1. The molecule has 0 unspecified atom stereocenters. The highest BCUT2D eigenvalue weighted by Crippen LogP contribution is 2.18. The summed E-state index contributed by atoms with van der Waals surface area (Å²) in [4.78, 5) is 8.30. The summed E-state index contributed by atoms with van der Waals surface area (Å²) < 4.78 is 0. The minimum absolute atomic E-state index is 0.139. The summed E-state index contributed by atoms with van der Waals surface area (Å²) in [5, 5.41) is 22.3. The van der Waals surface area contributed by atoms with Gasteiger partial charge in [0.25, 0.3) is 0 Å². The van der Waals surface area contributed by atoms with Crippen molar-refractivity contribution in [1.29, 1.82) is 0 Å². The van der Waals surface area contributed by atoms with Gasteiger partial charge in [0, 0.05) is 18.9 Å². The summed E-state index contributed by atoms with van der Waals surface area (Å²) in [5.41, 5.74) is 1.72. The normalized spacial score (nSPS) is 12.1. The van der Waals surface area contributed by atoms with Crippen molar-refractivity contribution < 1.29 is 10.2 Å². The zero-order chi connectivity index (χ0) is 13.7. The second-order valence-electron chi connectivity index (χ2n) is 4.26. The van der Waals surface area contributed by atoms with Gasteiger partial charge < -0.3 is 15.5 Å². The second kappa shape index (κ2) is 6.15. The Morgan fingerprint density at radius 2 is 2.00 bits per heavy atom. The topological polar surface area (TPSA) is 78.3 Å². The molecule has 0 aliphatic carbocycles. The van der Waals surface area contributed by atoms with E-state index in [4.69, 9.17) is 0 Å². The number of hydrogen-bond donors (Lipinski definition) is 3. The molecular weight excluding hydrogens is 242 g/mol. The number of aromatic nitrogens is 2. The molecular formula is C14H17N3O2. The summed E-state index contributed by atoms with van der Waals surface area (Å²) in [6.45, 7) is 2.33. The molecule has 100 valence electrons. The van der Waals surface area contributed by atoms with Crippen molar-refractivity contribution in [2.75, 3.05) is 11.9 Å². The number of phenols is 1. The molecule has 3 N–H and O–H groups in total. The summed E-state index contributed by atoms with van der Waals surface area (Å²) in [6, 6.07) is 6.55. The predicted octanol–water partition coefficient (Wildman–Crippen LogP) is 1.89. The molecule has 0 aliphatic heterocycles. The van der Waals surface area contributed by atoms with E-state index in [1.165, 1.54) is 6.07 Å². The number of nitrogens with zero attached hydrogens (tertiary/aromatic N) is 2. The second-order valence-corrected chi connectivity index (χ2v) is 4.26. The molecule has 0 fully saturated rings. The van der Waals surface area contributed by atoms with E-state index in [0.717, 1.165) is 12.0 Å². The molecule has 19 heavy (non-hydrogen) atoms. The number of nitrogens with one attached hydrogen (secondary N) is 1. The van der Waals surface area contributed by atoms with Crippen LogP contribution in [0.5, 0.6) is 5.75 Å². The van der Waals surface area contributed by atoms with Crippen LogP contribution in [0.4, 0.5) is 5.95 Å². The predicted molar refractivity (Wildman–Crippen MR) is 73.0 cm³/mol. The fourth-order valence-corrected chi connectivity index (χ4v) is 1.67. The van der Waals surface area contributed by atoms with E-state index >= 15 is 0 Å². The van der Waals surface area contributed by atoms with Gasteiger partial charge in [-0.05, 0) is 29.7 Å². The van der Waals surface area contributed by atoms with Crippen molar-refractivity contribution in [1.82, 2.24) is 9.97 Å². The van der Waals surface area contributed by atoms with Crippen molar-refractivity contribution >= 4 is 5.95 Å². The van der Waals surface area contributed by atoms with Crippen LogP contribution in [0.15, 0.2) is 36.7 Å². The van der Waals surface area contributed by atoms with Gasteiger partial charge in [0.2, 0.25) is 5.95 Å². The molecule has 0 radical (unpaired) electrons. The van der Waals surface area contributed by atoms with Crippen LogP contribution < -0.4 is 5.32 Å². The Kier molecular flexibility index (Phi) is 4.30. The van der Waals surface area contributed by atoms with Crippen LogP contribution in [0.2, 0.25) is 0 Å². The molecule has 2 rings (SSSR count). The average molecular weight is 259 g/mol. The molecule has 0 saturated carbocycles. The quantitative estimate of drug-likeness (QED) is 0.764. The largest absolute Gasteiger partial charge is 0.508 e. The fraction of sp³-hybridized carbons (Fsp3) is 0.286. The third-order valence-corrected chi connectivity index (χ3v) is 2.82. The first-order valence-corrected chi connectivity index (χ1v) is 6.21. The number of aromatic hydroxyl groups is 1. The molecule has 0 bridgehead atoms. The number of rotatable bonds is 5. The van der Waals surface area contributed by atoms with Gasteiger partial charge in [0.15, 0.2) is 0 Å². The Morgan fingerprint density at radius 1 is 1.26 bits per heavy atom. The molecule has 1 aromatic heterocycles. The fourth-order valence-electron chi connectivity index (χ4n) is 1.67. The molecule has 2 aromatic rings. The van der Waals surface area contributed by atoms with Gasteiger partial charge in [-0.25, -0.2) is 9.97 Å². The molecule has 0 saturated heterocycles. The van der Waals surface area contributed by atoms with Crippen molar-refractivity contribution in [3.63, 3.8) is 0 Å². The molecule has 0 amide bonds. The number of aryl methyl sites for hydroxylation is 1. The van der Waals surface area contributed by atoms with Crippen molar-refractivity contribution in [3.05, 3.63) is 47.8 Å².